The van der Waals surface area contributed by atoms with Crippen LogP contribution in [-0.2, 0) is 13.8 Å². The fourth-order valence-electron chi connectivity index (χ4n) is 1.24. The van der Waals surface area contributed by atoms with E-state index in [0.717, 1.165) is 0 Å². The highest BCUT2D eigenvalue weighted by Gasteiger charge is 2.43. The zero-order chi connectivity index (χ0) is 12.5. The smallest absolute Gasteiger partial charge is 0.387 e. The van der Waals surface area contributed by atoms with E-state index in [1.165, 1.54) is 0 Å². The molecule has 16 heavy (non-hydrogen) atoms. The van der Waals surface area contributed by atoms with Crippen molar-refractivity contribution < 1.29 is 44.0 Å². The molecular weight excluding hydrogens is 247 g/mol. The topological polar surface area (TPSA) is 157 Å². The summed E-state index contributed by atoms with van der Waals surface area (Å²) in [5.41, 5.74) is 0. The molecule has 1 unspecified atom stereocenters. The van der Waals surface area contributed by atoms with Crippen LogP contribution < -0.4 is 0 Å². The molecule has 1 saturated heterocycles. The Kier molecular flexibility index (Phi) is 4.41. The van der Waals surface area contributed by atoms with Gasteiger partial charge < -0.3 is 34.9 Å². The molecule has 0 aliphatic carbocycles. The lowest BCUT2D eigenvalue weighted by Crippen LogP contribution is -2.58. The Morgan fingerprint density at radius 1 is 1.06 bits per heavy atom. The minimum Gasteiger partial charge on any atom is -0.387 e. The molecule has 96 valence electrons. The first-order valence-electron chi connectivity index (χ1n) is 4.30. The Bertz CT molecular complexity index is 277. The van der Waals surface area contributed by atoms with Crippen LogP contribution in [0.25, 0.3) is 0 Å². The van der Waals surface area contributed by atoms with Crippen LogP contribution in [0.3, 0.4) is 0 Å². The van der Waals surface area contributed by atoms with E-state index in [-0.39, 0.29) is 0 Å². The second-order valence-electron chi connectivity index (χ2n) is 3.32. The summed E-state index contributed by atoms with van der Waals surface area (Å²) in [5, 5.41) is 36.7. The second kappa shape index (κ2) is 5.05. The quantitative estimate of drug-likeness (QED) is 0.289. The van der Waals surface area contributed by atoms with Gasteiger partial charge in [-0.05, 0) is 0 Å². The molecule has 9 nitrogen and oxygen atoms in total. The highest BCUT2D eigenvalue weighted by Crippen LogP contribution is 2.36. The molecule has 0 saturated carbocycles. The molecule has 0 aromatic carbocycles. The van der Waals surface area contributed by atoms with Gasteiger partial charge >= 0.3 is 7.82 Å². The van der Waals surface area contributed by atoms with Crippen LogP contribution in [0.2, 0.25) is 0 Å². The zero-order valence-electron chi connectivity index (χ0n) is 7.95. The summed E-state index contributed by atoms with van der Waals surface area (Å²) in [5.74, 6) is 0. The minimum absolute atomic E-state index is 0.730. The third kappa shape index (κ3) is 3.45. The van der Waals surface area contributed by atoms with Gasteiger partial charge in [0.25, 0.3) is 0 Å². The molecule has 0 bridgehead atoms. The second-order valence-corrected chi connectivity index (χ2v) is 4.56. The summed E-state index contributed by atoms with van der Waals surface area (Å²) in [6.07, 6.45) is -8.11. The molecule has 1 aliphatic rings. The van der Waals surface area contributed by atoms with E-state index in [1.54, 1.807) is 0 Å². The molecule has 1 heterocycles. The van der Waals surface area contributed by atoms with Crippen LogP contribution in [0.1, 0.15) is 0 Å². The molecule has 5 atom stereocenters. The molecule has 0 aromatic heterocycles. The third-order valence-corrected chi connectivity index (χ3v) is 2.58. The van der Waals surface area contributed by atoms with E-state index in [0.29, 0.717) is 0 Å². The number of phosphoric ester groups is 1. The Morgan fingerprint density at radius 3 is 2.12 bits per heavy atom. The number of rotatable bonds is 3. The Balaban J connectivity index is 2.57. The largest absolute Gasteiger partial charge is 0.469 e. The monoisotopic (exact) mass is 260 g/mol. The number of ether oxygens (including phenoxy) is 1. The van der Waals surface area contributed by atoms with Crippen molar-refractivity contribution in [1.82, 2.24) is 0 Å². The molecule has 10 heteroatoms. The summed E-state index contributed by atoms with van der Waals surface area (Å²) >= 11 is 0. The number of aliphatic hydroxyl groups excluding tert-OH is 4. The predicted molar refractivity (Wildman–Crippen MR) is 46.9 cm³/mol. The highest BCUT2D eigenvalue weighted by molar-refractivity contribution is 7.46. The SMILES string of the molecule is O=P(O)(O)OC[C@H]1OC(O)[C@H](O)[C@@H](O)[C@H]1O. The van der Waals surface area contributed by atoms with E-state index in [1.807, 2.05) is 0 Å². The summed E-state index contributed by atoms with van der Waals surface area (Å²) < 4.78 is 19.0. The van der Waals surface area contributed by atoms with Crippen molar-refractivity contribution in [2.24, 2.45) is 0 Å². The van der Waals surface area contributed by atoms with Crippen LogP contribution in [0, 0.1) is 0 Å². The van der Waals surface area contributed by atoms with Gasteiger partial charge in [0.1, 0.15) is 24.4 Å². The maximum Gasteiger partial charge on any atom is 0.469 e. The van der Waals surface area contributed by atoms with Crippen molar-refractivity contribution >= 4 is 7.82 Å². The van der Waals surface area contributed by atoms with Gasteiger partial charge in [0.15, 0.2) is 6.29 Å². The normalized spacial score (nSPS) is 41.0. The van der Waals surface area contributed by atoms with Gasteiger partial charge in [0, 0.05) is 0 Å². The molecule has 0 amide bonds. The number of hydrogen-bond donors (Lipinski definition) is 6. The van der Waals surface area contributed by atoms with E-state index in [2.05, 4.69) is 9.26 Å². The lowest BCUT2D eigenvalue weighted by Gasteiger charge is -2.38. The first-order chi connectivity index (χ1) is 7.22. The Morgan fingerprint density at radius 2 is 1.62 bits per heavy atom. The van der Waals surface area contributed by atoms with Gasteiger partial charge in [0.05, 0.1) is 6.61 Å². The van der Waals surface area contributed by atoms with E-state index >= 15 is 0 Å². The summed E-state index contributed by atoms with van der Waals surface area (Å²) in [6, 6.07) is 0. The lowest BCUT2D eigenvalue weighted by molar-refractivity contribution is -0.285. The molecule has 0 aromatic rings. The molecule has 6 N–H and O–H groups in total. The van der Waals surface area contributed by atoms with Gasteiger partial charge in [-0.15, -0.1) is 0 Å². The molecule has 1 fully saturated rings. The standard InChI is InChI=1S/C6H13O9P/c7-3-2(1-14-16(11,12)13)15-6(10)5(9)4(3)8/h2-10H,1H2,(H2,11,12,13)/t2-,3+,4+,5-,6?/m1/s1. The van der Waals surface area contributed by atoms with Crippen LogP contribution in [0.15, 0.2) is 0 Å². The van der Waals surface area contributed by atoms with Crippen LogP contribution in [-0.4, -0.2) is 67.5 Å². The van der Waals surface area contributed by atoms with Crippen LogP contribution in [0.4, 0.5) is 0 Å². The molecule has 0 radical (unpaired) electrons. The average Bonchev–Trinajstić information content (AvgIpc) is 2.17. The number of aliphatic hydroxyl groups is 4. The molecule has 0 spiro atoms. The minimum atomic E-state index is -4.73. The highest BCUT2D eigenvalue weighted by atomic mass is 31.2. The fourth-order valence-corrected chi connectivity index (χ4v) is 1.58. The first kappa shape index (κ1) is 14.0. The molecule has 1 rings (SSSR count). The van der Waals surface area contributed by atoms with Crippen molar-refractivity contribution in [3.63, 3.8) is 0 Å². The van der Waals surface area contributed by atoms with Gasteiger partial charge in [-0.3, -0.25) is 4.52 Å². The molecular formula is C6H13O9P. The number of phosphoric acid groups is 1. The lowest BCUT2D eigenvalue weighted by atomic mass is 10.00. The van der Waals surface area contributed by atoms with E-state index in [9.17, 15) is 14.8 Å². The van der Waals surface area contributed by atoms with E-state index in [4.69, 9.17) is 20.0 Å². The van der Waals surface area contributed by atoms with Gasteiger partial charge in [-0.25, -0.2) is 4.57 Å². The third-order valence-electron chi connectivity index (χ3n) is 2.09. The zero-order valence-corrected chi connectivity index (χ0v) is 8.84. The van der Waals surface area contributed by atoms with Crippen LogP contribution >= 0.6 is 7.82 Å². The Hall–Kier alpha value is -0.0900. The van der Waals surface area contributed by atoms with Gasteiger partial charge in [0.2, 0.25) is 0 Å². The van der Waals surface area contributed by atoms with Crippen molar-refractivity contribution in [1.29, 1.82) is 0 Å². The predicted octanol–water partition coefficient (Wildman–Crippen LogP) is -3.10. The van der Waals surface area contributed by atoms with Crippen molar-refractivity contribution in [2.45, 2.75) is 30.7 Å². The van der Waals surface area contributed by atoms with Crippen molar-refractivity contribution in [3.8, 4) is 0 Å². The van der Waals surface area contributed by atoms with Crippen molar-refractivity contribution in [3.05, 3.63) is 0 Å². The van der Waals surface area contributed by atoms with Gasteiger partial charge in [-0.2, -0.15) is 0 Å². The number of hydrogen-bond acceptors (Lipinski definition) is 7. The fraction of sp³-hybridized carbons (Fsp3) is 1.00. The molecule has 1 aliphatic heterocycles. The average molecular weight is 260 g/mol. The van der Waals surface area contributed by atoms with E-state index < -0.39 is 45.1 Å². The Labute approximate surface area is 90.1 Å². The maximum absolute atomic E-state index is 10.4. The first-order valence-corrected chi connectivity index (χ1v) is 5.83. The van der Waals surface area contributed by atoms with Gasteiger partial charge in [-0.1, -0.05) is 0 Å². The van der Waals surface area contributed by atoms with Crippen molar-refractivity contribution in [2.75, 3.05) is 6.61 Å². The summed E-state index contributed by atoms with van der Waals surface area (Å²) in [6.45, 7) is -0.730. The maximum atomic E-state index is 10.4. The van der Waals surface area contributed by atoms with Crippen LogP contribution in [0.5, 0.6) is 0 Å². The summed E-state index contributed by atoms with van der Waals surface area (Å²) in [7, 11) is -4.73. The summed E-state index contributed by atoms with van der Waals surface area (Å²) in [4.78, 5) is 16.8.